The normalized spacial score (nSPS) is 20.4. The van der Waals surface area contributed by atoms with Crippen LogP contribution in [0.5, 0.6) is 6.01 Å². The zero-order valence-corrected chi connectivity index (χ0v) is 28.6. The summed E-state index contributed by atoms with van der Waals surface area (Å²) in [4.78, 5) is 63.6. The van der Waals surface area contributed by atoms with Crippen molar-refractivity contribution < 1.29 is 37.1 Å². The monoisotopic (exact) mass is 689 g/mol. The van der Waals surface area contributed by atoms with Gasteiger partial charge in [-0.1, -0.05) is 39.7 Å². The van der Waals surface area contributed by atoms with E-state index in [4.69, 9.17) is 4.74 Å². The minimum absolute atomic E-state index is 0.154. The van der Waals surface area contributed by atoms with E-state index in [0.717, 1.165) is 25.2 Å². The van der Waals surface area contributed by atoms with Gasteiger partial charge in [-0.25, -0.2) is 14.4 Å². The first-order valence-electron chi connectivity index (χ1n) is 16.7. The van der Waals surface area contributed by atoms with Crippen LogP contribution in [0.2, 0.25) is 0 Å². The quantitative estimate of drug-likeness (QED) is 0.308. The van der Waals surface area contributed by atoms with E-state index in [2.05, 4.69) is 37.7 Å². The van der Waals surface area contributed by atoms with Gasteiger partial charge in [-0.15, -0.1) is 0 Å². The molecule has 1 saturated heterocycles. The van der Waals surface area contributed by atoms with Crippen LogP contribution in [0.25, 0.3) is 0 Å². The lowest BCUT2D eigenvalue weighted by Gasteiger charge is -2.36. The van der Waals surface area contributed by atoms with E-state index in [1.54, 1.807) is 24.8 Å². The summed E-state index contributed by atoms with van der Waals surface area (Å²) in [5.41, 5.74) is -0.594. The first kappa shape index (κ1) is 37.5. The van der Waals surface area contributed by atoms with E-state index in [9.17, 15) is 19.2 Å². The summed E-state index contributed by atoms with van der Waals surface area (Å²) < 4.78 is 50.9. The Bertz CT molecular complexity index is 1480. The van der Waals surface area contributed by atoms with Gasteiger partial charge in [0.1, 0.15) is 17.9 Å². The SMILES string of the molecule is CCC(=O)N[C@@H](C(=O)N1CCN(C)CC1)[C@@H](C)c1ccc(NC(=O)[C@@H](NC(=O)C(F)(F)c2cnc(OC)nc2)[C@H]2CC[C@H](C)CC2)c(F)c1. The van der Waals surface area contributed by atoms with Crippen LogP contribution in [0.1, 0.15) is 69.9 Å². The first-order valence-corrected chi connectivity index (χ1v) is 16.7. The molecule has 4 rings (SSSR count). The fourth-order valence-corrected chi connectivity index (χ4v) is 6.18. The summed E-state index contributed by atoms with van der Waals surface area (Å²) in [5, 5.41) is 7.50. The first-order chi connectivity index (χ1) is 23.2. The van der Waals surface area contributed by atoms with Crippen molar-refractivity contribution in [3.8, 4) is 6.01 Å². The largest absolute Gasteiger partial charge is 0.467 e. The number of nitrogens with zero attached hydrogens (tertiary/aromatic N) is 4. The molecule has 0 spiro atoms. The third-order valence-electron chi connectivity index (χ3n) is 9.55. The molecule has 49 heavy (non-hydrogen) atoms. The van der Waals surface area contributed by atoms with Gasteiger partial charge in [0.2, 0.25) is 17.7 Å². The highest BCUT2D eigenvalue weighted by Crippen LogP contribution is 2.33. The van der Waals surface area contributed by atoms with Crippen LogP contribution >= 0.6 is 0 Å². The molecule has 1 aliphatic heterocycles. The smallest absolute Gasteiger partial charge is 0.352 e. The number of likely N-dealkylation sites (N-methyl/N-ethyl adjacent to an activating group) is 1. The molecule has 1 saturated carbocycles. The molecular weight excluding hydrogens is 643 g/mol. The summed E-state index contributed by atoms with van der Waals surface area (Å²) in [6.45, 7) is 7.81. The van der Waals surface area contributed by atoms with Crippen molar-refractivity contribution in [3.63, 3.8) is 0 Å². The van der Waals surface area contributed by atoms with Crippen LogP contribution in [0.4, 0.5) is 18.9 Å². The van der Waals surface area contributed by atoms with Gasteiger partial charge in [0.15, 0.2) is 0 Å². The summed E-state index contributed by atoms with van der Waals surface area (Å²) in [6, 6.07) is 1.57. The lowest BCUT2D eigenvalue weighted by Crippen LogP contribution is -2.55. The van der Waals surface area contributed by atoms with Crippen LogP contribution in [0.15, 0.2) is 30.6 Å². The maximum atomic E-state index is 15.6. The molecule has 15 heteroatoms. The molecule has 0 radical (unpaired) electrons. The molecule has 4 amide bonds. The third-order valence-corrected chi connectivity index (χ3v) is 9.55. The number of ether oxygens (including phenoxy) is 1. The van der Waals surface area contributed by atoms with Crippen molar-refractivity contribution >= 4 is 29.3 Å². The van der Waals surface area contributed by atoms with E-state index in [0.29, 0.717) is 50.5 Å². The topological polar surface area (TPSA) is 146 Å². The highest BCUT2D eigenvalue weighted by Gasteiger charge is 2.45. The standard InChI is InChI=1S/C34H46F3N7O5/c1-6-27(45)41-28(31(47)44-15-13-43(4)14-16-44)21(3)23-11-12-26(25(35)17-23)40-30(46)29(22-9-7-20(2)8-10-22)42-32(48)34(36,37)24-18-38-33(49-5)39-19-24/h11-12,17-22,28-29H,6-10,13-16H2,1-5H3,(H,40,46)(H,41,45)(H,42,48)/t20-,21-,22-,28+,29-/m0/s1. The molecule has 3 atom stereocenters. The summed E-state index contributed by atoms with van der Waals surface area (Å²) in [7, 11) is 3.23. The Balaban J connectivity index is 1.53. The van der Waals surface area contributed by atoms with Gasteiger partial charge in [-0.05, 0) is 49.4 Å². The van der Waals surface area contributed by atoms with Crippen molar-refractivity contribution in [2.75, 3.05) is 45.7 Å². The fraction of sp³-hybridized carbons (Fsp3) is 0.588. The average molecular weight is 690 g/mol. The van der Waals surface area contributed by atoms with Gasteiger partial charge in [0, 0.05) is 50.9 Å². The minimum Gasteiger partial charge on any atom is -0.467 e. The Morgan fingerprint density at radius 3 is 2.22 bits per heavy atom. The van der Waals surface area contributed by atoms with E-state index >= 15 is 13.2 Å². The fourth-order valence-electron chi connectivity index (χ4n) is 6.18. The van der Waals surface area contributed by atoms with Gasteiger partial charge in [0.05, 0.1) is 18.4 Å². The van der Waals surface area contributed by atoms with Crippen molar-refractivity contribution in [2.45, 2.75) is 76.8 Å². The Morgan fingerprint density at radius 2 is 1.65 bits per heavy atom. The zero-order valence-electron chi connectivity index (χ0n) is 28.6. The predicted molar refractivity (Wildman–Crippen MR) is 175 cm³/mol. The summed E-state index contributed by atoms with van der Waals surface area (Å²) >= 11 is 0. The molecule has 12 nitrogen and oxygen atoms in total. The summed E-state index contributed by atoms with van der Waals surface area (Å²) in [5.74, 6) is -8.75. The molecule has 1 aromatic heterocycles. The second-order valence-corrected chi connectivity index (χ2v) is 13.0. The number of hydrogen-bond acceptors (Lipinski definition) is 8. The van der Waals surface area contributed by atoms with Gasteiger partial charge < -0.3 is 30.5 Å². The molecule has 1 aromatic carbocycles. The number of benzene rings is 1. The molecule has 0 bridgehead atoms. The number of piperazine rings is 1. The number of anilines is 1. The van der Waals surface area contributed by atoms with E-state index in [1.807, 2.05) is 7.05 Å². The van der Waals surface area contributed by atoms with Crippen molar-refractivity contribution in [1.29, 1.82) is 0 Å². The highest BCUT2D eigenvalue weighted by molar-refractivity contribution is 5.98. The highest BCUT2D eigenvalue weighted by atomic mass is 19.3. The van der Waals surface area contributed by atoms with Gasteiger partial charge in [-0.3, -0.25) is 19.2 Å². The Labute approximate surface area is 284 Å². The van der Waals surface area contributed by atoms with Crippen molar-refractivity contribution in [2.24, 2.45) is 11.8 Å². The molecular formula is C34H46F3N7O5. The number of aromatic nitrogens is 2. The van der Waals surface area contributed by atoms with Crippen molar-refractivity contribution in [1.82, 2.24) is 30.4 Å². The number of amides is 4. The molecule has 1 aliphatic carbocycles. The van der Waals surface area contributed by atoms with Gasteiger partial charge >= 0.3 is 11.9 Å². The van der Waals surface area contributed by atoms with Crippen LogP contribution in [0, 0.1) is 17.7 Å². The van der Waals surface area contributed by atoms with Crippen LogP contribution in [-0.4, -0.2) is 95.8 Å². The maximum absolute atomic E-state index is 15.6. The number of nitrogens with one attached hydrogen (secondary N) is 3. The van der Waals surface area contributed by atoms with E-state index in [1.165, 1.54) is 19.2 Å². The average Bonchev–Trinajstić information content (AvgIpc) is 3.10. The maximum Gasteiger partial charge on any atom is 0.352 e. The third kappa shape index (κ3) is 9.25. The number of hydrogen-bond donors (Lipinski definition) is 3. The molecule has 2 fully saturated rings. The number of alkyl halides is 2. The van der Waals surface area contributed by atoms with Crippen LogP contribution in [0.3, 0.4) is 0 Å². The number of methoxy groups -OCH3 is 1. The zero-order chi connectivity index (χ0) is 35.9. The molecule has 2 aliphatic rings. The molecule has 3 N–H and O–H groups in total. The van der Waals surface area contributed by atoms with Crippen LogP contribution < -0.4 is 20.7 Å². The number of carbonyl (C=O) groups is 4. The molecule has 2 heterocycles. The Kier molecular flexibility index (Phi) is 12.6. The molecule has 268 valence electrons. The lowest BCUT2D eigenvalue weighted by molar-refractivity contribution is -0.149. The lowest BCUT2D eigenvalue weighted by atomic mass is 9.79. The van der Waals surface area contributed by atoms with E-state index < -0.39 is 53.0 Å². The predicted octanol–water partition coefficient (Wildman–Crippen LogP) is 3.44. The Morgan fingerprint density at radius 1 is 1.02 bits per heavy atom. The Hall–Kier alpha value is -4.27. The van der Waals surface area contributed by atoms with Crippen molar-refractivity contribution in [3.05, 3.63) is 47.5 Å². The molecule has 2 aromatic rings. The van der Waals surface area contributed by atoms with E-state index in [-0.39, 0.29) is 29.9 Å². The molecule has 0 unspecified atom stereocenters. The van der Waals surface area contributed by atoms with Gasteiger partial charge in [-0.2, -0.15) is 8.78 Å². The minimum atomic E-state index is -4.07. The second-order valence-electron chi connectivity index (χ2n) is 13.0. The second kappa shape index (κ2) is 16.4. The number of rotatable bonds is 12. The number of carbonyl (C=O) groups excluding carboxylic acids is 4. The summed E-state index contributed by atoms with van der Waals surface area (Å²) in [6.07, 6.45) is 4.18. The van der Waals surface area contributed by atoms with Gasteiger partial charge in [0.25, 0.3) is 5.91 Å². The van der Waals surface area contributed by atoms with Crippen LogP contribution in [-0.2, 0) is 25.1 Å². The number of halogens is 3.